The molecule has 2 N–H and O–H groups in total. The van der Waals surface area contributed by atoms with Gasteiger partial charge in [0.1, 0.15) is 0 Å². The summed E-state index contributed by atoms with van der Waals surface area (Å²) < 4.78 is 4.84. The minimum atomic E-state index is -1.09. The van der Waals surface area contributed by atoms with Gasteiger partial charge in [0.25, 0.3) is 0 Å². The molecule has 0 aromatic carbocycles. The van der Waals surface area contributed by atoms with Gasteiger partial charge in [0.2, 0.25) is 5.91 Å². The normalized spacial score (nSPS) is 16.4. The zero-order valence-electron chi connectivity index (χ0n) is 6.59. The van der Waals surface area contributed by atoms with Crippen molar-refractivity contribution >= 4 is 11.9 Å². The Morgan fingerprint density at radius 2 is 2.00 bits per heavy atom. The van der Waals surface area contributed by atoms with E-state index in [1.54, 1.807) is 0 Å². The fourth-order valence-corrected chi connectivity index (χ4v) is 0.974. The van der Waals surface area contributed by atoms with Gasteiger partial charge in [0, 0.05) is 7.05 Å². The SMILES string of the molecule is CNC(=O)C1=C(C(=O)O)COC1. The number of hydrogen-bond acceptors (Lipinski definition) is 3. The summed E-state index contributed by atoms with van der Waals surface area (Å²) in [5, 5.41) is 11.0. The molecule has 66 valence electrons. The predicted molar refractivity (Wildman–Crippen MR) is 39.5 cm³/mol. The number of amides is 1. The molecule has 0 aromatic heterocycles. The Morgan fingerprint density at radius 3 is 2.50 bits per heavy atom. The molecule has 0 bridgehead atoms. The van der Waals surface area contributed by atoms with Crippen molar-refractivity contribution in [3.05, 3.63) is 11.1 Å². The minimum Gasteiger partial charge on any atom is -0.478 e. The van der Waals surface area contributed by atoms with E-state index in [4.69, 9.17) is 9.84 Å². The maximum absolute atomic E-state index is 11.0. The first-order chi connectivity index (χ1) is 5.66. The van der Waals surface area contributed by atoms with Gasteiger partial charge in [-0.2, -0.15) is 0 Å². The van der Waals surface area contributed by atoms with Gasteiger partial charge >= 0.3 is 5.97 Å². The highest BCUT2D eigenvalue weighted by Gasteiger charge is 2.25. The van der Waals surface area contributed by atoms with Gasteiger partial charge in [-0.05, 0) is 0 Å². The van der Waals surface area contributed by atoms with E-state index in [-0.39, 0.29) is 30.3 Å². The van der Waals surface area contributed by atoms with Crippen LogP contribution in [-0.2, 0) is 14.3 Å². The van der Waals surface area contributed by atoms with E-state index >= 15 is 0 Å². The molecule has 1 aliphatic heterocycles. The molecule has 0 fully saturated rings. The lowest BCUT2D eigenvalue weighted by Gasteiger charge is -1.98. The highest BCUT2D eigenvalue weighted by atomic mass is 16.5. The number of carbonyl (C=O) groups excluding carboxylic acids is 1. The van der Waals surface area contributed by atoms with Crippen molar-refractivity contribution in [2.75, 3.05) is 20.3 Å². The van der Waals surface area contributed by atoms with Crippen molar-refractivity contribution in [3.63, 3.8) is 0 Å². The smallest absolute Gasteiger partial charge is 0.334 e. The molecule has 1 aliphatic rings. The number of nitrogens with one attached hydrogen (secondary N) is 1. The molecule has 0 saturated heterocycles. The topological polar surface area (TPSA) is 75.6 Å². The largest absolute Gasteiger partial charge is 0.478 e. The molecule has 12 heavy (non-hydrogen) atoms. The number of carboxylic acids is 1. The molecule has 1 amide bonds. The zero-order chi connectivity index (χ0) is 9.14. The summed E-state index contributed by atoms with van der Waals surface area (Å²) in [4.78, 5) is 21.5. The average molecular weight is 171 g/mol. The van der Waals surface area contributed by atoms with E-state index in [1.807, 2.05) is 0 Å². The average Bonchev–Trinajstić information content (AvgIpc) is 2.50. The Morgan fingerprint density at radius 1 is 1.42 bits per heavy atom. The molecular weight excluding hydrogens is 162 g/mol. The van der Waals surface area contributed by atoms with Crippen LogP contribution in [0.4, 0.5) is 0 Å². The number of carbonyl (C=O) groups is 2. The van der Waals surface area contributed by atoms with E-state index in [0.717, 1.165) is 0 Å². The van der Waals surface area contributed by atoms with Crippen LogP contribution >= 0.6 is 0 Å². The first-order valence-electron chi connectivity index (χ1n) is 3.42. The molecule has 1 heterocycles. The summed E-state index contributed by atoms with van der Waals surface area (Å²) in [6, 6.07) is 0. The maximum Gasteiger partial charge on any atom is 0.334 e. The minimum absolute atomic E-state index is 0.0120. The lowest BCUT2D eigenvalue weighted by atomic mass is 10.1. The molecule has 1 rings (SSSR count). The third-order valence-corrected chi connectivity index (χ3v) is 1.62. The molecule has 0 saturated carbocycles. The number of rotatable bonds is 2. The van der Waals surface area contributed by atoms with Crippen LogP contribution in [0.3, 0.4) is 0 Å². The summed E-state index contributed by atoms with van der Waals surface area (Å²) in [7, 11) is 1.45. The summed E-state index contributed by atoms with van der Waals surface area (Å²) in [6.45, 7) is 0.0966. The van der Waals surface area contributed by atoms with Crippen molar-refractivity contribution in [1.82, 2.24) is 5.32 Å². The standard InChI is InChI=1S/C7H9NO4/c1-8-6(9)4-2-12-3-5(4)7(10)11/h2-3H2,1H3,(H,8,9)(H,10,11). The Hall–Kier alpha value is -1.36. The summed E-state index contributed by atoms with van der Waals surface area (Å²) in [5.74, 6) is -1.48. The second-order valence-electron chi connectivity index (χ2n) is 2.33. The Kier molecular flexibility index (Phi) is 2.44. The number of likely N-dealkylation sites (N-methyl/N-ethyl adjacent to an activating group) is 1. The van der Waals surface area contributed by atoms with Crippen LogP contribution in [0.15, 0.2) is 11.1 Å². The fourth-order valence-electron chi connectivity index (χ4n) is 0.974. The number of carboxylic acid groups (broad SMARTS) is 1. The predicted octanol–water partition coefficient (Wildman–Crippen LogP) is -0.856. The Bertz CT molecular complexity index is 256. The van der Waals surface area contributed by atoms with Crippen LogP contribution in [0.2, 0.25) is 0 Å². The third kappa shape index (κ3) is 1.45. The second-order valence-corrected chi connectivity index (χ2v) is 2.33. The molecule has 0 atom stereocenters. The second kappa shape index (κ2) is 3.36. The fraction of sp³-hybridized carbons (Fsp3) is 0.429. The molecule has 5 nitrogen and oxygen atoms in total. The Balaban J connectivity index is 2.91. The third-order valence-electron chi connectivity index (χ3n) is 1.62. The molecule has 0 aromatic rings. The van der Waals surface area contributed by atoms with E-state index in [2.05, 4.69) is 5.32 Å². The van der Waals surface area contributed by atoms with E-state index in [1.165, 1.54) is 7.05 Å². The quantitative estimate of drug-likeness (QED) is 0.567. The number of ether oxygens (including phenoxy) is 1. The van der Waals surface area contributed by atoms with Crippen molar-refractivity contribution in [2.24, 2.45) is 0 Å². The molecule has 0 aliphatic carbocycles. The summed E-state index contributed by atoms with van der Waals surface area (Å²) in [6.07, 6.45) is 0. The van der Waals surface area contributed by atoms with E-state index in [0.29, 0.717) is 0 Å². The van der Waals surface area contributed by atoms with Gasteiger partial charge in [0.05, 0.1) is 24.4 Å². The first-order valence-corrected chi connectivity index (χ1v) is 3.42. The Labute approximate surface area is 69.0 Å². The van der Waals surface area contributed by atoms with Crippen molar-refractivity contribution in [2.45, 2.75) is 0 Å². The van der Waals surface area contributed by atoms with Crippen LogP contribution < -0.4 is 5.32 Å². The monoisotopic (exact) mass is 171 g/mol. The highest BCUT2D eigenvalue weighted by Crippen LogP contribution is 2.13. The van der Waals surface area contributed by atoms with Crippen LogP contribution in [-0.4, -0.2) is 37.2 Å². The summed E-state index contributed by atoms with van der Waals surface area (Å²) >= 11 is 0. The molecule has 0 radical (unpaired) electrons. The van der Waals surface area contributed by atoms with Gasteiger partial charge < -0.3 is 15.2 Å². The number of aliphatic carboxylic acids is 1. The number of hydrogen-bond donors (Lipinski definition) is 2. The highest BCUT2D eigenvalue weighted by molar-refractivity contribution is 6.03. The van der Waals surface area contributed by atoms with Crippen LogP contribution in [0, 0.1) is 0 Å². The van der Waals surface area contributed by atoms with E-state index in [9.17, 15) is 9.59 Å². The van der Waals surface area contributed by atoms with Gasteiger partial charge in [-0.1, -0.05) is 0 Å². The van der Waals surface area contributed by atoms with Crippen molar-refractivity contribution < 1.29 is 19.4 Å². The van der Waals surface area contributed by atoms with Gasteiger partial charge in [-0.3, -0.25) is 4.79 Å². The van der Waals surface area contributed by atoms with Crippen LogP contribution in [0.1, 0.15) is 0 Å². The van der Waals surface area contributed by atoms with Crippen LogP contribution in [0.5, 0.6) is 0 Å². The molecule has 0 unspecified atom stereocenters. The molecular formula is C7H9NO4. The maximum atomic E-state index is 11.0. The van der Waals surface area contributed by atoms with Crippen molar-refractivity contribution in [1.29, 1.82) is 0 Å². The van der Waals surface area contributed by atoms with Gasteiger partial charge in [-0.15, -0.1) is 0 Å². The molecule has 5 heteroatoms. The summed E-state index contributed by atoms with van der Waals surface area (Å²) in [5.41, 5.74) is 0.263. The van der Waals surface area contributed by atoms with Crippen molar-refractivity contribution in [3.8, 4) is 0 Å². The lowest BCUT2D eigenvalue weighted by Crippen LogP contribution is -2.22. The lowest BCUT2D eigenvalue weighted by molar-refractivity contribution is -0.133. The van der Waals surface area contributed by atoms with Gasteiger partial charge in [0.15, 0.2) is 0 Å². The molecule has 0 spiro atoms. The zero-order valence-corrected chi connectivity index (χ0v) is 6.59. The first kappa shape index (κ1) is 8.73. The van der Waals surface area contributed by atoms with Gasteiger partial charge in [-0.25, -0.2) is 4.79 Å². The van der Waals surface area contributed by atoms with E-state index < -0.39 is 5.97 Å². The van der Waals surface area contributed by atoms with Crippen LogP contribution in [0.25, 0.3) is 0 Å².